The lowest BCUT2D eigenvalue weighted by Crippen LogP contribution is -2.07. The molecule has 0 atom stereocenters. The Hall–Kier alpha value is -3.86. The Bertz CT molecular complexity index is 1810. The Balaban J connectivity index is 1.33. The summed E-state index contributed by atoms with van der Waals surface area (Å²) >= 11 is 3.76. The molecular weight excluding hydrogens is 501 g/mol. The molecule has 7 aromatic rings. The van der Waals surface area contributed by atoms with Crippen LogP contribution in [0, 0.1) is 0 Å². The van der Waals surface area contributed by atoms with Gasteiger partial charge in [0.05, 0.1) is 0 Å². The molecule has 38 heavy (non-hydrogen) atoms. The second-order valence-electron chi connectivity index (χ2n) is 10.4. The SMILES string of the molecule is CN(C)c1ccc(-c2cc3cc4ccc5cc6cc(-c7ccc(N(C)C)cc7)sc6cc5c4cc3s2)cc1. The fraction of sp³-hybridized carbons (Fsp3) is 0.118. The first-order valence-electron chi connectivity index (χ1n) is 12.8. The quantitative estimate of drug-likeness (QED) is 0.210. The highest BCUT2D eigenvalue weighted by molar-refractivity contribution is 7.22. The lowest BCUT2D eigenvalue weighted by molar-refractivity contribution is 1.13. The highest BCUT2D eigenvalue weighted by Gasteiger charge is 2.11. The maximum absolute atomic E-state index is 2.40. The fourth-order valence-electron chi connectivity index (χ4n) is 5.26. The molecule has 0 saturated heterocycles. The topological polar surface area (TPSA) is 6.48 Å². The molecule has 0 spiro atoms. The molecule has 0 unspecified atom stereocenters. The first-order valence-corrected chi connectivity index (χ1v) is 14.5. The second-order valence-corrected chi connectivity index (χ2v) is 12.6. The largest absolute Gasteiger partial charge is 0.378 e. The van der Waals surface area contributed by atoms with Crippen molar-refractivity contribution in [2.24, 2.45) is 0 Å². The molecule has 0 fully saturated rings. The highest BCUT2D eigenvalue weighted by Crippen LogP contribution is 2.41. The van der Waals surface area contributed by atoms with Crippen molar-refractivity contribution >= 4 is 75.8 Å². The summed E-state index contributed by atoms with van der Waals surface area (Å²) in [6.45, 7) is 0. The molecule has 4 heteroatoms. The smallest absolute Gasteiger partial charge is 0.0361 e. The third-order valence-electron chi connectivity index (χ3n) is 7.45. The zero-order valence-corrected chi connectivity index (χ0v) is 23.6. The first-order chi connectivity index (χ1) is 18.4. The van der Waals surface area contributed by atoms with E-state index >= 15 is 0 Å². The molecule has 0 amide bonds. The number of benzene rings is 5. The van der Waals surface area contributed by atoms with E-state index in [1.165, 1.54) is 74.0 Å². The molecule has 2 nitrogen and oxygen atoms in total. The first kappa shape index (κ1) is 23.3. The molecule has 5 aromatic carbocycles. The van der Waals surface area contributed by atoms with Crippen molar-refractivity contribution in [3.8, 4) is 20.9 Å². The lowest BCUT2D eigenvalue weighted by atomic mass is 9.99. The van der Waals surface area contributed by atoms with E-state index in [9.17, 15) is 0 Å². The number of rotatable bonds is 4. The van der Waals surface area contributed by atoms with Gasteiger partial charge in [0.2, 0.25) is 0 Å². The van der Waals surface area contributed by atoms with Gasteiger partial charge in [0.25, 0.3) is 0 Å². The predicted octanol–water partition coefficient (Wildman–Crippen LogP) is 9.89. The second kappa shape index (κ2) is 8.87. The summed E-state index contributed by atoms with van der Waals surface area (Å²) in [4.78, 5) is 6.91. The van der Waals surface area contributed by atoms with Gasteiger partial charge in [-0.3, -0.25) is 0 Å². The van der Waals surface area contributed by atoms with Gasteiger partial charge in [0.15, 0.2) is 0 Å². The minimum Gasteiger partial charge on any atom is -0.378 e. The number of hydrogen-bond donors (Lipinski definition) is 0. The maximum atomic E-state index is 2.40. The van der Waals surface area contributed by atoms with E-state index < -0.39 is 0 Å². The average molecular weight is 529 g/mol. The number of nitrogens with zero attached hydrogens (tertiary/aromatic N) is 2. The molecule has 7 rings (SSSR count). The summed E-state index contributed by atoms with van der Waals surface area (Å²) in [6.07, 6.45) is 0. The van der Waals surface area contributed by atoms with Gasteiger partial charge in [-0.1, -0.05) is 36.4 Å². The van der Waals surface area contributed by atoms with Crippen LogP contribution in [-0.2, 0) is 0 Å². The van der Waals surface area contributed by atoms with Gasteiger partial charge in [-0.2, -0.15) is 0 Å². The minimum atomic E-state index is 1.22. The fourth-order valence-corrected chi connectivity index (χ4v) is 7.44. The van der Waals surface area contributed by atoms with Crippen LogP contribution < -0.4 is 9.80 Å². The Labute approximate surface area is 231 Å². The monoisotopic (exact) mass is 528 g/mol. The maximum Gasteiger partial charge on any atom is 0.0361 e. The number of anilines is 2. The molecule has 0 bridgehead atoms. The van der Waals surface area contributed by atoms with Crippen molar-refractivity contribution in [2.75, 3.05) is 38.0 Å². The Morgan fingerprint density at radius 3 is 1.18 bits per heavy atom. The zero-order valence-electron chi connectivity index (χ0n) is 21.9. The number of fused-ring (bicyclic) bond motifs is 5. The standard InChI is InChI=1S/C34H28N2S2/c1-35(2)27-11-7-21(8-12-27)31-17-25-15-23-5-6-24-16-26-18-32(22-9-13-28(14-10-22)36(3)4)38-34(26)20-30(24)29(23)19-33(25)37-31/h5-20H,1-4H3. The Morgan fingerprint density at radius 2 is 0.816 bits per heavy atom. The molecule has 0 N–H and O–H groups in total. The molecule has 2 heterocycles. The van der Waals surface area contributed by atoms with Crippen molar-refractivity contribution in [2.45, 2.75) is 0 Å². The van der Waals surface area contributed by atoms with Gasteiger partial charge in [0, 0.05) is 58.7 Å². The van der Waals surface area contributed by atoms with Crippen LogP contribution in [0.5, 0.6) is 0 Å². The zero-order chi connectivity index (χ0) is 26.0. The van der Waals surface area contributed by atoms with Gasteiger partial charge in [0.1, 0.15) is 0 Å². The molecular formula is C34H28N2S2. The van der Waals surface area contributed by atoms with Gasteiger partial charge in [-0.05, 0) is 104 Å². The lowest BCUT2D eigenvalue weighted by Gasteiger charge is -2.12. The van der Waals surface area contributed by atoms with Crippen LogP contribution in [0.3, 0.4) is 0 Å². The van der Waals surface area contributed by atoms with Crippen LogP contribution in [0.2, 0.25) is 0 Å². The number of hydrogen-bond acceptors (Lipinski definition) is 4. The summed E-state index contributed by atoms with van der Waals surface area (Å²) in [6, 6.07) is 36.4. The van der Waals surface area contributed by atoms with Crippen LogP contribution in [0.1, 0.15) is 0 Å². The highest BCUT2D eigenvalue weighted by atomic mass is 32.1. The molecule has 0 aliphatic rings. The van der Waals surface area contributed by atoms with E-state index in [0.29, 0.717) is 0 Å². The van der Waals surface area contributed by atoms with E-state index in [-0.39, 0.29) is 0 Å². The van der Waals surface area contributed by atoms with Crippen molar-refractivity contribution < 1.29 is 0 Å². The van der Waals surface area contributed by atoms with Crippen LogP contribution >= 0.6 is 22.7 Å². The Kier molecular flexibility index (Phi) is 5.43. The van der Waals surface area contributed by atoms with Gasteiger partial charge >= 0.3 is 0 Å². The Morgan fingerprint density at radius 1 is 0.421 bits per heavy atom. The van der Waals surface area contributed by atoms with Crippen LogP contribution in [0.15, 0.2) is 97.1 Å². The molecule has 0 aliphatic carbocycles. The van der Waals surface area contributed by atoms with E-state index in [1.54, 1.807) is 0 Å². The molecule has 186 valence electrons. The van der Waals surface area contributed by atoms with Crippen molar-refractivity contribution in [1.82, 2.24) is 0 Å². The molecule has 2 aromatic heterocycles. The van der Waals surface area contributed by atoms with Gasteiger partial charge < -0.3 is 9.80 Å². The van der Waals surface area contributed by atoms with Gasteiger partial charge in [-0.25, -0.2) is 0 Å². The number of thiophene rings is 2. The minimum absolute atomic E-state index is 1.22. The summed E-state index contributed by atoms with van der Waals surface area (Å²) < 4.78 is 2.68. The predicted molar refractivity (Wildman–Crippen MR) is 172 cm³/mol. The van der Waals surface area contributed by atoms with Crippen molar-refractivity contribution in [3.05, 3.63) is 97.1 Å². The normalized spacial score (nSPS) is 11.7. The summed E-state index contributed by atoms with van der Waals surface area (Å²) in [5.74, 6) is 0. The third kappa shape index (κ3) is 3.92. The van der Waals surface area contributed by atoms with Crippen LogP contribution in [0.25, 0.3) is 62.6 Å². The van der Waals surface area contributed by atoms with E-state index in [2.05, 4.69) is 135 Å². The van der Waals surface area contributed by atoms with E-state index in [0.717, 1.165) is 0 Å². The van der Waals surface area contributed by atoms with Gasteiger partial charge in [-0.15, -0.1) is 22.7 Å². The van der Waals surface area contributed by atoms with E-state index in [4.69, 9.17) is 0 Å². The van der Waals surface area contributed by atoms with E-state index in [1.807, 2.05) is 22.7 Å². The van der Waals surface area contributed by atoms with Crippen LogP contribution in [0.4, 0.5) is 11.4 Å². The molecule has 0 radical (unpaired) electrons. The summed E-state index contributed by atoms with van der Waals surface area (Å²) in [5.41, 5.74) is 5.00. The summed E-state index contributed by atoms with van der Waals surface area (Å²) in [5, 5.41) is 7.89. The van der Waals surface area contributed by atoms with Crippen molar-refractivity contribution in [1.29, 1.82) is 0 Å². The van der Waals surface area contributed by atoms with Crippen LogP contribution in [-0.4, -0.2) is 28.2 Å². The molecule has 0 aliphatic heterocycles. The summed E-state index contributed by atoms with van der Waals surface area (Å²) in [7, 11) is 8.32. The average Bonchev–Trinajstić information content (AvgIpc) is 3.54. The third-order valence-corrected chi connectivity index (χ3v) is 9.74. The van der Waals surface area contributed by atoms with Crippen molar-refractivity contribution in [3.63, 3.8) is 0 Å². The molecule has 0 saturated carbocycles.